The number of halogens is 4. The van der Waals surface area contributed by atoms with E-state index in [-0.39, 0.29) is 4.60 Å². The molecule has 0 saturated heterocycles. The Balaban J connectivity index is 3.19. The van der Waals surface area contributed by atoms with Gasteiger partial charge in [-0.15, -0.1) is 0 Å². The van der Waals surface area contributed by atoms with E-state index in [1.165, 1.54) is 0 Å². The smallest absolute Gasteiger partial charge is 0.268 e. The van der Waals surface area contributed by atoms with Crippen molar-refractivity contribution in [2.24, 2.45) is 5.73 Å². The molecule has 12 heavy (non-hydrogen) atoms. The maximum absolute atomic E-state index is 12.7. The molecule has 2 N–H and O–H groups in total. The van der Waals surface area contributed by atoms with Gasteiger partial charge in [0.2, 0.25) is 0 Å². The largest absolute Gasteiger partial charge is 0.331 e. The number of rotatable bonds is 1. The minimum atomic E-state index is -3.68. The van der Waals surface area contributed by atoms with Crippen LogP contribution in [0.3, 0.4) is 0 Å². The Morgan fingerprint density at radius 3 is 2.50 bits per heavy atom. The van der Waals surface area contributed by atoms with Gasteiger partial charge in [0.1, 0.15) is 10.4 Å². The number of hydrogen-bond donors (Lipinski definition) is 1. The fraction of sp³-hybridized carbons (Fsp3) is 0.167. The maximum Gasteiger partial charge on any atom is 0.331 e. The van der Waals surface area contributed by atoms with Crippen molar-refractivity contribution in [3.63, 3.8) is 0 Å². The van der Waals surface area contributed by atoms with Crippen LogP contribution < -0.4 is 5.73 Å². The summed E-state index contributed by atoms with van der Waals surface area (Å²) in [6.45, 7) is 0. The highest BCUT2D eigenvalue weighted by Crippen LogP contribution is 2.24. The van der Waals surface area contributed by atoms with E-state index >= 15 is 0 Å². The van der Waals surface area contributed by atoms with Crippen LogP contribution in [-0.2, 0) is 6.05 Å². The highest BCUT2D eigenvalue weighted by molar-refractivity contribution is 9.10. The van der Waals surface area contributed by atoms with Gasteiger partial charge < -0.3 is 0 Å². The second-order valence-corrected chi connectivity index (χ2v) is 2.92. The Kier molecular flexibility index (Phi) is 2.39. The van der Waals surface area contributed by atoms with Crippen molar-refractivity contribution in [2.75, 3.05) is 0 Å². The Morgan fingerprint density at radius 2 is 2.08 bits per heavy atom. The summed E-state index contributed by atoms with van der Waals surface area (Å²) in [6.07, 6.45) is 0.694. The molecule has 6 heteroatoms. The van der Waals surface area contributed by atoms with Gasteiger partial charge in [0.05, 0.1) is 5.56 Å². The zero-order valence-electron chi connectivity index (χ0n) is 5.69. The maximum atomic E-state index is 12.7. The number of hydrogen-bond acceptors (Lipinski definition) is 2. The summed E-state index contributed by atoms with van der Waals surface area (Å²) >= 11 is 2.83. The van der Waals surface area contributed by atoms with E-state index in [1.54, 1.807) is 0 Å². The predicted molar refractivity (Wildman–Crippen MR) is 40.0 cm³/mol. The van der Waals surface area contributed by atoms with Crippen molar-refractivity contribution in [3.05, 3.63) is 28.2 Å². The fourth-order valence-electron chi connectivity index (χ4n) is 0.653. The summed E-state index contributed by atoms with van der Waals surface area (Å²) in [5.41, 5.74) is 3.47. The molecule has 0 aliphatic rings. The Labute approximate surface area is 74.7 Å². The molecule has 0 fully saturated rings. The van der Waals surface area contributed by atoms with Gasteiger partial charge in [-0.05, 0) is 15.9 Å². The van der Waals surface area contributed by atoms with E-state index in [1.807, 2.05) is 0 Å². The van der Waals surface area contributed by atoms with E-state index in [4.69, 9.17) is 0 Å². The van der Waals surface area contributed by atoms with Crippen molar-refractivity contribution >= 4 is 15.9 Å². The fourth-order valence-corrected chi connectivity index (χ4v) is 0.956. The number of alkyl halides is 2. The molecule has 0 radical (unpaired) electrons. The molecule has 66 valence electrons. The van der Waals surface area contributed by atoms with Crippen LogP contribution in [0.1, 0.15) is 5.56 Å². The highest BCUT2D eigenvalue weighted by Gasteiger charge is 2.29. The molecule has 1 aromatic heterocycles. The number of aromatic nitrogens is 1. The molecule has 0 unspecified atom stereocenters. The summed E-state index contributed by atoms with van der Waals surface area (Å²) in [5, 5.41) is 0. The molecule has 1 heterocycles. The van der Waals surface area contributed by atoms with Crippen LogP contribution in [0.2, 0.25) is 0 Å². The van der Waals surface area contributed by atoms with Crippen LogP contribution in [0.15, 0.2) is 16.9 Å². The summed E-state index contributed by atoms with van der Waals surface area (Å²) in [7, 11) is 0. The van der Waals surface area contributed by atoms with Gasteiger partial charge in [-0.3, -0.25) is 5.73 Å². The lowest BCUT2D eigenvalue weighted by molar-refractivity contribution is -0.000997. The van der Waals surface area contributed by atoms with Crippen molar-refractivity contribution < 1.29 is 13.2 Å². The minimum Gasteiger partial charge on any atom is -0.268 e. The topological polar surface area (TPSA) is 38.9 Å². The highest BCUT2D eigenvalue weighted by atomic mass is 79.9. The molecule has 2 nitrogen and oxygen atoms in total. The normalized spacial score (nSPS) is 11.8. The third kappa shape index (κ3) is 1.95. The van der Waals surface area contributed by atoms with Crippen molar-refractivity contribution in [1.82, 2.24) is 4.98 Å². The Morgan fingerprint density at radius 1 is 1.50 bits per heavy atom. The first-order chi connectivity index (χ1) is 5.41. The predicted octanol–water partition coefficient (Wildman–Crippen LogP) is 1.99. The average molecular weight is 241 g/mol. The van der Waals surface area contributed by atoms with E-state index in [0.717, 1.165) is 6.07 Å². The van der Waals surface area contributed by atoms with Crippen LogP contribution in [0.4, 0.5) is 13.2 Å². The lowest BCUT2D eigenvalue weighted by Gasteiger charge is -2.10. The van der Waals surface area contributed by atoms with E-state index in [9.17, 15) is 13.2 Å². The van der Waals surface area contributed by atoms with Crippen molar-refractivity contribution in [3.8, 4) is 0 Å². The van der Waals surface area contributed by atoms with Crippen molar-refractivity contribution in [2.45, 2.75) is 6.05 Å². The summed E-state index contributed by atoms with van der Waals surface area (Å²) < 4.78 is 37.5. The Hall–Kier alpha value is -0.620. The zero-order valence-corrected chi connectivity index (χ0v) is 7.28. The molecule has 0 amide bonds. The van der Waals surface area contributed by atoms with Gasteiger partial charge in [0.15, 0.2) is 0 Å². The molecule has 0 aliphatic heterocycles. The summed E-state index contributed by atoms with van der Waals surface area (Å²) in [6, 6.07) is -2.85. The first kappa shape index (κ1) is 9.47. The number of pyridine rings is 1. The second-order valence-electron chi connectivity index (χ2n) is 2.11. The molecule has 0 aliphatic carbocycles. The molecule has 0 spiro atoms. The van der Waals surface area contributed by atoms with Crippen molar-refractivity contribution in [1.29, 1.82) is 0 Å². The number of nitrogens with two attached hydrogens (primary N) is 1. The molecular weight excluding hydrogens is 237 g/mol. The number of nitrogens with zero attached hydrogens (tertiary/aromatic N) is 1. The summed E-state index contributed by atoms with van der Waals surface area (Å²) in [5.74, 6) is -1.08. The van der Waals surface area contributed by atoms with E-state index in [2.05, 4.69) is 26.6 Å². The molecular formula is C6H4BrF3N2. The molecule has 1 rings (SSSR count). The van der Waals surface area contributed by atoms with Crippen LogP contribution in [0.25, 0.3) is 0 Å². The van der Waals surface area contributed by atoms with Gasteiger partial charge in [-0.1, -0.05) is 0 Å². The average Bonchev–Trinajstić information content (AvgIpc) is 1.83. The van der Waals surface area contributed by atoms with Gasteiger partial charge >= 0.3 is 6.05 Å². The van der Waals surface area contributed by atoms with Gasteiger partial charge in [0, 0.05) is 12.3 Å². The molecule has 0 aromatic carbocycles. The van der Waals surface area contributed by atoms with Gasteiger partial charge in [-0.2, -0.15) is 8.78 Å². The quantitative estimate of drug-likeness (QED) is 0.603. The minimum absolute atomic E-state index is 0.146. The SMILES string of the molecule is NC(F)(F)c1cnc(Br)cc1F. The molecule has 0 bridgehead atoms. The van der Waals surface area contributed by atoms with Gasteiger partial charge in [0.25, 0.3) is 0 Å². The van der Waals surface area contributed by atoms with Crippen LogP contribution in [-0.4, -0.2) is 4.98 Å². The van der Waals surface area contributed by atoms with Crippen LogP contribution in [0, 0.1) is 5.82 Å². The lowest BCUT2D eigenvalue weighted by atomic mass is 10.2. The monoisotopic (exact) mass is 240 g/mol. The Bertz CT molecular complexity index is 297. The van der Waals surface area contributed by atoms with Crippen LogP contribution in [0.5, 0.6) is 0 Å². The molecule has 0 saturated carbocycles. The third-order valence-corrected chi connectivity index (χ3v) is 1.61. The first-order valence-electron chi connectivity index (χ1n) is 2.89. The van der Waals surface area contributed by atoms with E-state index in [0.29, 0.717) is 6.20 Å². The van der Waals surface area contributed by atoms with Crippen LogP contribution >= 0.6 is 15.9 Å². The lowest BCUT2D eigenvalue weighted by Crippen LogP contribution is -2.26. The molecule has 1 aromatic rings. The first-order valence-corrected chi connectivity index (χ1v) is 3.69. The third-order valence-electron chi connectivity index (χ3n) is 1.18. The molecule has 0 atom stereocenters. The van der Waals surface area contributed by atoms with Gasteiger partial charge in [-0.25, -0.2) is 9.37 Å². The van der Waals surface area contributed by atoms with E-state index < -0.39 is 17.4 Å². The summed E-state index contributed by atoms with van der Waals surface area (Å²) in [4.78, 5) is 3.42. The zero-order chi connectivity index (χ0) is 9.35. The second kappa shape index (κ2) is 3.02. The standard InChI is InChI=1S/C6H4BrF3N2/c7-5-1-4(8)3(2-12-5)6(9,10)11/h1-2H,11H2.